The van der Waals surface area contributed by atoms with Crippen molar-refractivity contribution >= 4 is 29.8 Å². The topological polar surface area (TPSA) is 121 Å². The Morgan fingerprint density at radius 2 is 1.42 bits per heavy atom. The van der Waals surface area contributed by atoms with Gasteiger partial charge in [-0.3, -0.25) is 9.59 Å². The Bertz CT molecular complexity index is 1180. The quantitative estimate of drug-likeness (QED) is 0.329. The lowest BCUT2D eigenvalue weighted by molar-refractivity contribution is -0.121. The molecule has 0 saturated carbocycles. The third-order valence-electron chi connectivity index (χ3n) is 5.46. The van der Waals surface area contributed by atoms with Crippen LogP contribution in [0, 0.1) is 0 Å². The fourth-order valence-electron chi connectivity index (χ4n) is 3.51. The molecule has 10 heteroatoms. The molecule has 0 bridgehead atoms. The van der Waals surface area contributed by atoms with Crippen LogP contribution in [0.2, 0.25) is 0 Å². The minimum absolute atomic E-state index is 0.120. The average Bonchev–Trinajstić information content (AvgIpc) is 2.94. The lowest BCUT2D eigenvalue weighted by atomic mass is 10.1. The summed E-state index contributed by atoms with van der Waals surface area (Å²) in [6.45, 7) is 1.86. The van der Waals surface area contributed by atoms with Crippen molar-refractivity contribution in [2.45, 2.75) is 6.42 Å². The second kappa shape index (κ2) is 14.6. The van der Waals surface area contributed by atoms with Gasteiger partial charge < -0.3 is 33.7 Å². The Hall–Kier alpha value is -4.15. The van der Waals surface area contributed by atoms with Crippen LogP contribution in [-0.4, -0.2) is 81.4 Å². The van der Waals surface area contributed by atoms with Gasteiger partial charge in [0.15, 0.2) is 34.6 Å². The van der Waals surface area contributed by atoms with Gasteiger partial charge in [0.2, 0.25) is 0 Å². The molecule has 0 aliphatic carbocycles. The first-order valence-electron chi connectivity index (χ1n) is 12.0. The molecule has 38 heavy (non-hydrogen) atoms. The normalized spacial score (nSPS) is 13.5. The highest BCUT2D eigenvalue weighted by atomic mass is 16.6. The molecule has 0 aromatic heterocycles. The van der Waals surface area contributed by atoms with Crippen LogP contribution in [0.4, 0.5) is 4.79 Å². The first kappa shape index (κ1) is 28.4. The number of benzene rings is 2. The zero-order valence-electron chi connectivity index (χ0n) is 21.4. The molecule has 0 unspecified atom stereocenters. The molecule has 0 radical (unpaired) electrons. The lowest BCUT2D eigenvalue weighted by Gasteiger charge is -2.26. The van der Waals surface area contributed by atoms with E-state index in [0.29, 0.717) is 54.7 Å². The first-order valence-corrected chi connectivity index (χ1v) is 12.0. The maximum absolute atomic E-state index is 12.3. The Kier molecular flexibility index (Phi) is 10.9. The molecular weight excluding hydrogens is 494 g/mol. The summed E-state index contributed by atoms with van der Waals surface area (Å²) in [5.41, 5.74) is 1.33. The Labute approximate surface area is 221 Å². The molecule has 1 aliphatic rings. The van der Waals surface area contributed by atoms with Crippen molar-refractivity contribution in [2.24, 2.45) is 0 Å². The van der Waals surface area contributed by atoms with Gasteiger partial charge in [-0.1, -0.05) is 24.3 Å². The second-order valence-electron chi connectivity index (χ2n) is 8.14. The van der Waals surface area contributed by atoms with Gasteiger partial charge in [0, 0.05) is 13.1 Å². The molecule has 3 rings (SSSR count). The number of aliphatic hydroxyl groups is 1. The van der Waals surface area contributed by atoms with Crippen molar-refractivity contribution in [1.82, 2.24) is 4.90 Å². The summed E-state index contributed by atoms with van der Waals surface area (Å²) in [5, 5.41) is 8.90. The number of amides is 1. The van der Waals surface area contributed by atoms with E-state index < -0.39 is 6.09 Å². The predicted molar refractivity (Wildman–Crippen MR) is 140 cm³/mol. The van der Waals surface area contributed by atoms with Gasteiger partial charge in [0.05, 0.1) is 40.5 Å². The molecular formula is C28H31NO9. The molecule has 1 heterocycles. The van der Waals surface area contributed by atoms with E-state index >= 15 is 0 Å². The van der Waals surface area contributed by atoms with Gasteiger partial charge in [-0.15, -0.1) is 0 Å². The van der Waals surface area contributed by atoms with Gasteiger partial charge in [0.1, 0.15) is 6.61 Å². The van der Waals surface area contributed by atoms with Crippen LogP contribution in [0.5, 0.6) is 23.0 Å². The van der Waals surface area contributed by atoms with Gasteiger partial charge in [-0.2, -0.15) is 0 Å². The molecule has 2 aromatic carbocycles. The number of carbonyl (C=O) groups is 3. The number of hydrogen-bond acceptors (Lipinski definition) is 9. The predicted octanol–water partition coefficient (Wildman–Crippen LogP) is 3.16. The SMILES string of the molecule is COc1cc(C=CC(=O)CC(=O)C=Cc2ccc(OC(=O)N3CCOCC3)c(OC)c2)ccc1OCCO. The molecule has 202 valence electrons. The summed E-state index contributed by atoms with van der Waals surface area (Å²) in [6.07, 6.45) is 5.01. The van der Waals surface area contributed by atoms with Gasteiger partial charge in [-0.25, -0.2) is 4.79 Å². The van der Waals surface area contributed by atoms with Gasteiger partial charge in [0.25, 0.3) is 0 Å². The van der Waals surface area contributed by atoms with E-state index in [9.17, 15) is 14.4 Å². The second-order valence-corrected chi connectivity index (χ2v) is 8.14. The molecule has 10 nitrogen and oxygen atoms in total. The number of ketones is 2. The highest BCUT2D eigenvalue weighted by molar-refractivity contribution is 6.10. The maximum Gasteiger partial charge on any atom is 0.415 e. The third kappa shape index (κ3) is 8.46. The molecule has 0 spiro atoms. The number of nitrogens with zero attached hydrogens (tertiary/aromatic N) is 1. The van der Waals surface area contributed by atoms with E-state index in [4.69, 9.17) is 28.8 Å². The minimum atomic E-state index is -0.485. The van der Waals surface area contributed by atoms with E-state index in [1.165, 1.54) is 26.4 Å². The Balaban J connectivity index is 1.55. The number of methoxy groups -OCH3 is 2. The maximum atomic E-state index is 12.3. The summed E-state index contributed by atoms with van der Waals surface area (Å²) in [6, 6.07) is 9.99. The van der Waals surface area contributed by atoms with E-state index in [0.717, 1.165) is 0 Å². The Morgan fingerprint density at radius 1 is 0.868 bits per heavy atom. The van der Waals surface area contributed by atoms with Crippen molar-refractivity contribution in [3.63, 3.8) is 0 Å². The summed E-state index contributed by atoms with van der Waals surface area (Å²) >= 11 is 0. The van der Waals surface area contributed by atoms with Crippen LogP contribution < -0.4 is 18.9 Å². The molecule has 1 aliphatic heterocycles. The van der Waals surface area contributed by atoms with Crippen molar-refractivity contribution in [3.8, 4) is 23.0 Å². The standard InChI is InChI=1S/C28H31NO9/c1-34-26-17-20(5-9-24(26)37-16-13-30)3-7-22(31)19-23(32)8-4-21-6-10-25(27(18-21)35-2)38-28(33)29-11-14-36-15-12-29/h3-10,17-18,30H,11-16,19H2,1-2H3. The molecule has 1 saturated heterocycles. The smallest absolute Gasteiger partial charge is 0.415 e. The first-order chi connectivity index (χ1) is 18.4. The fourth-order valence-corrected chi connectivity index (χ4v) is 3.51. The molecule has 1 amide bonds. The summed E-state index contributed by atoms with van der Waals surface area (Å²) in [5.74, 6) is 0.810. The number of rotatable bonds is 12. The highest BCUT2D eigenvalue weighted by Crippen LogP contribution is 2.30. The van der Waals surface area contributed by atoms with Crippen LogP contribution >= 0.6 is 0 Å². The van der Waals surface area contributed by atoms with Crippen LogP contribution in [0.15, 0.2) is 48.6 Å². The average molecular weight is 526 g/mol. The van der Waals surface area contributed by atoms with E-state index in [1.807, 2.05) is 0 Å². The monoisotopic (exact) mass is 525 g/mol. The van der Waals surface area contributed by atoms with E-state index in [1.54, 1.807) is 53.5 Å². The van der Waals surface area contributed by atoms with Crippen LogP contribution in [-0.2, 0) is 14.3 Å². The highest BCUT2D eigenvalue weighted by Gasteiger charge is 2.20. The molecule has 1 N–H and O–H groups in total. The van der Waals surface area contributed by atoms with Gasteiger partial charge >= 0.3 is 6.09 Å². The number of allylic oxidation sites excluding steroid dienone is 2. The number of ether oxygens (including phenoxy) is 5. The molecule has 0 atom stereocenters. The summed E-state index contributed by atoms with van der Waals surface area (Å²) < 4.78 is 26.7. The van der Waals surface area contributed by atoms with E-state index in [-0.39, 0.29) is 37.0 Å². The third-order valence-corrected chi connectivity index (χ3v) is 5.46. The zero-order valence-corrected chi connectivity index (χ0v) is 21.4. The lowest BCUT2D eigenvalue weighted by Crippen LogP contribution is -2.42. The van der Waals surface area contributed by atoms with Crippen molar-refractivity contribution < 1.29 is 43.2 Å². The van der Waals surface area contributed by atoms with Gasteiger partial charge in [-0.05, 0) is 47.5 Å². The fraction of sp³-hybridized carbons (Fsp3) is 0.321. The largest absolute Gasteiger partial charge is 0.493 e. The minimum Gasteiger partial charge on any atom is -0.493 e. The van der Waals surface area contributed by atoms with Crippen LogP contribution in [0.3, 0.4) is 0 Å². The molecule has 2 aromatic rings. The van der Waals surface area contributed by atoms with E-state index in [2.05, 4.69) is 0 Å². The number of carbonyl (C=O) groups excluding carboxylic acids is 3. The molecule has 1 fully saturated rings. The van der Waals surface area contributed by atoms with Crippen molar-refractivity contribution in [2.75, 3.05) is 53.7 Å². The zero-order chi connectivity index (χ0) is 27.3. The Morgan fingerprint density at radius 3 is 1.97 bits per heavy atom. The number of morpholine rings is 1. The summed E-state index contributed by atoms with van der Waals surface area (Å²) in [7, 11) is 2.95. The van der Waals surface area contributed by atoms with Crippen molar-refractivity contribution in [1.29, 1.82) is 0 Å². The number of hydrogen-bond donors (Lipinski definition) is 1. The van der Waals surface area contributed by atoms with Crippen LogP contribution in [0.25, 0.3) is 12.2 Å². The van der Waals surface area contributed by atoms with Crippen LogP contribution in [0.1, 0.15) is 17.5 Å². The summed E-state index contributed by atoms with van der Waals surface area (Å²) in [4.78, 5) is 38.5. The van der Waals surface area contributed by atoms with Crippen molar-refractivity contribution in [3.05, 3.63) is 59.7 Å². The number of aliphatic hydroxyl groups excluding tert-OH is 1.